The van der Waals surface area contributed by atoms with E-state index < -0.39 is 5.97 Å². The van der Waals surface area contributed by atoms with E-state index in [1.54, 1.807) is 35.4 Å². The highest BCUT2D eigenvalue weighted by atomic mass is 32.1. The SMILES string of the molecule is COC(=O)c1ccc(C(=O)N2CCC(Oc3cnsn3)C2)cc1. The van der Waals surface area contributed by atoms with Crippen LogP contribution in [0.3, 0.4) is 0 Å². The Morgan fingerprint density at radius 3 is 2.65 bits per heavy atom. The summed E-state index contributed by atoms with van der Waals surface area (Å²) in [7, 11) is 1.32. The third-order valence-corrected chi connectivity index (χ3v) is 4.07. The van der Waals surface area contributed by atoms with Gasteiger partial charge in [0.05, 0.1) is 30.9 Å². The first-order valence-electron chi connectivity index (χ1n) is 7.09. The predicted octanol–water partition coefficient (Wildman–Crippen LogP) is 1.62. The van der Waals surface area contributed by atoms with E-state index in [2.05, 4.69) is 13.5 Å². The molecule has 0 bridgehead atoms. The van der Waals surface area contributed by atoms with Crippen LogP contribution in [-0.4, -0.2) is 51.8 Å². The first kappa shape index (κ1) is 15.4. The zero-order valence-electron chi connectivity index (χ0n) is 12.5. The Balaban J connectivity index is 1.61. The fraction of sp³-hybridized carbons (Fsp3) is 0.333. The molecule has 1 saturated heterocycles. The van der Waals surface area contributed by atoms with Gasteiger partial charge in [0.25, 0.3) is 5.91 Å². The average molecular weight is 333 g/mol. The van der Waals surface area contributed by atoms with Crippen LogP contribution in [0.1, 0.15) is 27.1 Å². The van der Waals surface area contributed by atoms with Crippen LogP contribution in [0.5, 0.6) is 5.88 Å². The van der Waals surface area contributed by atoms with Gasteiger partial charge in [-0.05, 0) is 24.3 Å². The summed E-state index contributed by atoms with van der Waals surface area (Å²) in [5, 5.41) is 0. The molecule has 0 spiro atoms. The van der Waals surface area contributed by atoms with Gasteiger partial charge in [-0.25, -0.2) is 4.79 Å². The summed E-state index contributed by atoms with van der Waals surface area (Å²) in [5.41, 5.74) is 0.955. The smallest absolute Gasteiger partial charge is 0.337 e. The molecule has 23 heavy (non-hydrogen) atoms. The molecule has 1 aromatic heterocycles. The molecule has 0 N–H and O–H groups in total. The summed E-state index contributed by atoms with van der Waals surface area (Å²) in [6, 6.07) is 6.44. The van der Waals surface area contributed by atoms with E-state index in [0.29, 0.717) is 30.1 Å². The third-order valence-electron chi connectivity index (χ3n) is 3.61. The van der Waals surface area contributed by atoms with E-state index >= 15 is 0 Å². The molecule has 120 valence electrons. The minimum atomic E-state index is -0.421. The third kappa shape index (κ3) is 3.48. The summed E-state index contributed by atoms with van der Waals surface area (Å²) in [6.07, 6.45) is 2.25. The molecule has 1 aliphatic rings. The Kier molecular flexibility index (Phi) is 4.52. The first-order chi connectivity index (χ1) is 11.2. The lowest BCUT2D eigenvalue weighted by atomic mass is 10.1. The molecule has 1 fully saturated rings. The number of methoxy groups -OCH3 is 1. The van der Waals surface area contributed by atoms with Crippen molar-refractivity contribution in [3.8, 4) is 5.88 Å². The zero-order valence-corrected chi connectivity index (χ0v) is 13.3. The van der Waals surface area contributed by atoms with Crippen LogP contribution in [0, 0.1) is 0 Å². The van der Waals surface area contributed by atoms with Crippen molar-refractivity contribution in [1.82, 2.24) is 13.6 Å². The molecule has 1 aromatic carbocycles. The molecule has 1 aliphatic heterocycles. The van der Waals surface area contributed by atoms with Gasteiger partial charge in [-0.1, -0.05) is 0 Å². The van der Waals surface area contributed by atoms with Gasteiger partial charge >= 0.3 is 5.97 Å². The number of ether oxygens (including phenoxy) is 2. The lowest BCUT2D eigenvalue weighted by Gasteiger charge is -2.16. The molecule has 1 unspecified atom stereocenters. The molecule has 7 nitrogen and oxygen atoms in total. The molecule has 2 aromatic rings. The van der Waals surface area contributed by atoms with Crippen molar-refractivity contribution in [3.63, 3.8) is 0 Å². The van der Waals surface area contributed by atoms with Crippen LogP contribution in [0.15, 0.2) is 30.5 Å². The first-order valence-corrected chi connectivity index (χ1v) is 7.82. The van der Waals surface area contributed by atoms with Crippen LogP contribution in [0.4, 0.5) is 0 Å². The highest BCUT2D eigenvalue weighted by Crippen LogP contribution is 2.19. The molecule has 3 rings (SSSR count). The molecule has 0 radical (unpaired) electrons. The van der Waals surface area contributed by atoms with Crippen molar-refractivity contribution in [2.24, 2.45) is 0 Å². The predicted molar refractivity (Wildman–Crippen MR) is 82.6 cm³/mol. The number of aromatic nitrogens is 2. The molecule has 1 atom stereocenters. The van der Waals surface area contributed by atoms with E-state index in [1.807, 2.05) is 0 Å². The molecular weight excluding hydrogens is 318 g/mol. The van der Waals surface area contributed by atoms with Gasteiger partial charge in [0.2, 0.25) is 5.88 Å². The van der Waals surface area contributed by atoms with Gasteiger partial charge in [0.1, 0.15) is 12.3 Å². The number of carbonyl (C=O) groups is 2. The number of nitrogens with zero attached hydrogens (tertiary/aromatic N) is 3. The topological polar surface area (TPSA) is 81.6 Å². The van der Waals surface area contributed by atoms with Gasteiger partial charge in [-0.3, -0.25) is 4.79 Å². The van der Waals surface area contributed by atoms with E-state index in [9.17, 15) is 9.59 Å². The van der Waals surface area contributed by atoms with Gasteiger partial charge in [-0.15, -0.1) is 4.37 Å². The molecule has 8 heteroatoms. The van der Waals surface area contributed by atoms with Crippen LogP contribution in [0.25, 0.3) is 0 Å². The second-order valence-corrected chi connectivity index (χ2v) is 5.65. The fourth-order valence-corrected chi connectivity index (χ4v) is 2.79. The maximum absolute atomic E-state index is 12.5. The molecule has 0 aliphatic carbocycles. The lowest BCUT2D eigenvalue weighted by Crippen LogP contribution is -2.31. The number of hydrogen-bond donors (Lipinski definition) is 0. The number of rotatable bonds is 4. The van der Waals surface area contributed by atoms with Crippen molar-refractivity contribution in [2.45, 2.75) is 12.5 Å². The second kappa shape index (κ2) is 6.74. The van der Waals surface area contributed by atoms with Crippen molar-refractivity contribution in [2.75, 3.05) is 20.2 Å². The quantitative estimate of drug-likeness (QED) is 0.791. The van der Waals surface area contributed by atoms with Crippen LogP contribution < -0.4 is 4.74 Å². The van der Waals surface area contributed by atoms with E-state index in [4.69, 9.17) is 4.74 Å². The van der Waals surface area contributed by atoms with Crippen molar-refractivity contribution in [1.29, 1.82) is 0 Å². The van der Waals surface area contributed by atoms with Crippen LogP contribution in [-0.2, 0) is 4.74 Å². The maximum Gasteiger partial charge on any atom is 0.337 e. The van der Waals surface area contributed by atoms with Crippen molar-refractivity contribution >= 4 is 23.6 Å². The van der Waals surface area contributed by atoms with Gasteiger partial charge in [-0.2, -0.15) is 4.37 Å². The van der Waals surface area contributed by atoms with E-state index in [0.717, 1.165) is 18.1 Å². The Labute approximate surface area is 137 Å². The molecule has 1 amide bonds. The van der Waals surface area contributed by atoms with Crippen LogP contribution in [0.2, 0.25) is 0 Å². The Morgan fingerprint density at radius 2 is 2.00 bits per heavy atom. The normalized spacial score (nSPS) is 17.1. The average Bonchev–Trinajstić information content (AvgIpc) is 3.26. The zero-order chi connectivity index (χ0) is 16.2. The molecular formula is C15H15N3O4S. The Bertz CT molecular complexity index is 687. The van der Waals surface area contributed by atoms with E-state index in [1.165, 1.54) is 7.11 Å². The standard InChI is InChI=1S/C15H15N3O4S/c1-21-15(20)11-4-2-10(3-5-11)14(19)18-7-6-12(9-18)22-13-8-16-23-17-13/h2-5,8,12H,6-7,9H2,1H3. The summed E-state index contributed by atoms with van der Waals surface area (Å²) in [4.78, 5) is 25.6. The largest absolute Gasteiger partial charge is 0.471 e. The van der Waals surface area contributed by atoms with Crippen molar-refractivity contribution < 1.29 is 19.1 Å². The number of likely N-dealkylation sites (tertiary alicyclic amines) is 1. The van der Waals surface area contributed by atoms with Crippen LogP contribution >= 0.6 is 11.7 Å². The minimum absolute atomic E-state index is 0.0720. The number of carbonyl (C=O) groups excluding carboxylic acids is 2. The second-order valence-electron chi connectivity index (χ2n) is 5.09. The number of benzene rings is 1. The highest BCUT2D eigenvalue weighted by molar-refractivity contribution is 6.99. The summed E-state index contributed by atoms with van der Waals surface area (Å²) >= 11 is 1.09. The highest BCUT2D eigenvalue weighted by Gasteiger charge is 2.28. The number of amides is 1. The molecule has 2 heterocycles. The fourth-order valence-electron chi connectivity index (χ4n) is 2.44. The Morgan fingerprint density at radius 1 is 1.26 bits per heavy atom. The Hall–Kier alpha value is -2.48. The van der Waals surface area contributed by atoms with Gasteiger partial charge < -0.3 is 14.4 Å². The maximum atomic E-state index is 12.5. The van der Waals surface area contributed by atoms with E-state index in [-0.39, 0.29) is 12.0 Å². The van der Waals surface area contributed by atoms with Gasteiger partial charge in [0, 0.05) is 18.5 Å². The number of esters is 1. The monoisotopic (exact) mass is 333 g/mol. The summed E-state index contributed by atoms with van der Waals surface area (Å²) < 4.78 is 18.2. The number of hydrogen-bond acceptors (Lipinski definition) is 7. The summed E-state index contributed by atoms with van der Waals surface area (Å²) in [5.74, 6) is -0.00356. The summed E-state index contributed by atoms with van der Waals surface area (Å²) in [6.45, 7) is 1.13. The minimum Gasteiger partial charge on any atom is -0.471 e. The van der Waals surface area contributed by atoms with Gasteiger partial charge in [0.15, 0.2) is 0 Å². The lowest BCUT2D eigenvalue weighted by molar-refractivity contribution is 0.0600. The van der Waals surface area contributed by atoms with Crippen molar-refractivity contribution in [3.05, 3.63) is 41.6 Å². The molecule has 0 saturated carbocycles.